The van der Waals surface area contributed by atoms with Gasteiger partial charge in [0.05, 0.1) is 4.90 Å². The molecule has 4 nitrogen and oxygen atoms in total. The van der Waals surface area contributed by atoms with Crippen molar-refractivity contribution >= 4 is 10.0 Å². The number of nitrogens with zero attached hydrogens (tertiary/aromatic N) is 1. The van der Waals surface area contributed by atoms with E-state index in [1.54, 1.807) is 0 Å². The monoisotopic (exact) mass is 366 g/mol. The van der Waals surface area contributed by atoms with E-state index in [1.165, 1.54) is 13.0 Å². The van der Waals surface area contributed by atoms with Gasteiger partial charge < -0.3 is 4.90 Å². The summed E-state index contributed by atoms with van der Waals surface area (Å²) in [6, 6.07) is 4.46. The lowest BCUT2D eigenvalue weighted by Crippen LogP contribution is -2.35. The smallest absolute Gasteiger partial charge is 0.241 e. The molecule has 1 saturated heterocycles. The van der Waals surface area contributed by atoms with Crippen molar-refractivity contribution in [3.8, 4) is 0 Å². The molecular weight excluding hydrogens is 332 g/mol. The Labute approximate surface area is 154 Å². The number of likely N-dealkylation sites (tertiary alicyclic amines) is 1. The molecule has 1 fully saturated rings. The maximum Gasteiger partial charge on any atom is 0.241 e. The Morgan fingerprint density at radius 3 is 2.32 bits per heavy atom. The Balaban J connectivity index is 1.92. The highest BCUT2D eigenvalue weighted by Gasteiger charge is 2.26. The third kappa shape index (κ3) is 5.28. The molecule has 1 aromatic rings. The van der Waals surface area contributed by atoms with Crippen molar-refractivity contribution in [2.24, 2.45) is 5.92 Å². The SMILES string of the molecule is Cc1cc(C)c(S(=O)(=O)NC(C)CCCN2CC(C)CC2C)c(C)c1. The Hall–Kier alpha value is -0.910. The number of rotatable bonds is 7. The van der Waals surface area contributed by atoms with E-state index in [0.717, 1.165) is 42.0 Å². The molecule has 0 saturated carbocycles. The first-order chi connectivity index (χ1) is 11.6. The summed E-state index contributed by atoms with van der Waals surface area (Å²) in [5.74, 6) is 0.776. The highest BCUT2D eigenvalue weighted by molar-refractivity contribution is 7.89. The van der Waals surface area contributed by atoms with E-state index in [-0.39, 0.29) is 6.04 Å². The van der Waals surface area contributed by atoms with Gasteiger partial charge in [0.2, 0.25) is 10.0 Å². The van der Waals surface area contributed by atoms with Crippen LogP contribution in [-0.2, 0) is 10.0 Å². The summed E-state index contributed by atoms with van der Waals surface area (Å²) in [7, 11) is -3.47. The molecule has 1 aromatic carbocycles. The van der Waals surface area contributed by atoms with E-state index in [4.69, 9.17) is 0 Å². The summed E-state index contributed by atoms with van der Waals surface area (Å²) < 4.78 is 28.4. The zero-order valence-electron chi connectivity index (χ0n) is 16.6. The molecule has 1 aliphatic heterocycles. The van der Waals surface area contributed by atoms with Gasteiger partial charge in [0.15, 0.2) is 0 Å². The molecule has 0 aromatic heterocycles. The van der Waals surface area contributed by atoms with E-state index in [1.807, 2.05) is 39.8 Å². The summed E-state index contributed by atoms with van der Waals surface area (Å²) in [6.45, 7) is 14.5. The van der Waals surface area contributed by atoms with Crippen LogP contribution in [-0.4, -0.2) is 38.5 Å². The van der Waals surface area contributed by atoms with E-state index in [2.05, 4.69) is 23.5 Å². The van der Waals surface area contributed by atoms with E-state index < -0.39 is 10.0 Å². The first-order valence-electron chi connectivity index (χ1n) is 9.44. The Morgan fingerprint density at radius 1 is 1.20 bits per heavy atom. The Kier molecular flexibility index (Phi) is 6.68. The average molecular weight is 367 g/mol. The van der Waals surface area contributed by atoms with E-state index in [0.29, 0.717) is 10.9 Å². The molecule has 5 heteroatoms. The lowest BCUT2D eigenvalue weighted by molar-refractivity contribution is 0.257. The minimum Gasteiger partial charge on any atom is -0.300 e. The summed E-state index contributed by atoms with van der Waals surface area (Å²) >= 11 is 0. The van der Waals surface area contributed by atoms with Crippen LogP contribution >= 0.6 is 0 Å². The lowest BCUT2D eigenvalue weighted by Gasteiger charge is -2.22. The van der Waals surface area contributed by atoms with Crippen LogP contribution in [0, 0.1) is 26.7 Å². The van der Waals surface area contributed by atoms with E-state index >= 15 is 0 Å². The van der Waals surface area contributed by atoms with Gasteiger partial charge in [-0.1, -0.05) is 24.6 Å². The average Bonchev–Trinajstić information content (AvgIpc) is 2.74. The van der Waals surface area contributed by atoms with Gasteiger partial charge >= 0.3 is 0 Å². The van der Waals surface area contributed by atoms with E-state index in [9.17, 15) is 8.42 Å². The molecule has 0 amide bonds. The first kappa shape index (κ1) is 20.4. The second-order valence-electron chi connectivity index (χ2n) is 8.08. The number of aryl methyl sites for hydroxylation is 3. The second kappa shape index (κ2) is 8.19. The zero-order chi connectivity index (χ0) is 18.8. The minimum absolute atomic E-state index is 0.0552. The predicted octanol–water partition coefficient (Wildman–Crippen LogP) is 3.79. The van der Waals surface area contributed by atoms with Crippen LogP contribution in [0.15, 0.2) is 17.0 Å². The van der Waals surface area contributed by atoms with Crippen molar-refractivity contribution in [2.45, 2.75) is 77.8 Å². The second-order valence-corrected chi connectivity index (χ2v) is 9.73. The van der Waals surface area contributed by atoms with Crippen molar-refractivity contribution in [1.29, 1.82) is 0 Å². The van der Waals surface area contributed by atoms with Crippen LogP contribution in [0.1, 0.15) is 56.7 Å². The normalized spacial score (nSPS) is 23.1. The molecule has 25 heavy (non-hydrogen) atoms. The molecular formula is C20H34N2O2S. The number of nitrogens with one attached hydrogen (secondary N) is 1. The highest BCUT2D eigenvalue weighted by atomic mass is 32.2. The van der Waals surface area contributed by atoms with Gasteiger partial charge in [-0.25, -0.2) is 13.1 Å². The molecule has 1 N–H and O–H groups in total. The standard InChI is InChI=1S/C20H34N2O2S/c1-14-10-16(3)20(17(4)11-14)25(23,24)21-18(5)8-7-9-22-13-15(2)12-19(22)6/h10-11,15,18-19,21H,7-9,12-13H2,1-6H3. The van der Waals surface area contributed by atoms with Gasteiger partial charge in [-0.05, 0) is 77.5 Å². The summed E-state index contributed by atoms with van der Waals surface area (Å²) in [6.07, 6.45) is 3.15. The molecule has 142 valence electrons. The topological polar surface area (TPSA) is 49.4 Å². The van der Waals surface area contributed by atoms with Crippen LogP contribution in [0.2, 0.25) is 0 Å². The maximum atomic E-state index is 12.8. The predicted molar refractivity (Wildman–Crippen MR) is 104 cm³/mol. The number of hydrogen-bond acceptors (Lipinski definition) is 3. The number of sulfonamides is 1. The summed E-state index contributed by atoms with van der Waals surface area (Å²) in [4.78, 5) is 2.96. The molecule has 3 unspecified atom stereocenters. The van der Waals surface area contributed by atoms with Gasteiger partial charge in [-0.3, -0.25) is 0 Å². The van der Waals surface area contributed by atoms with Crippen LogP contribution in [0.4, 0.5) is 0 Å². The molecule has 1 heterocycles. The van der Waals surface area contributed by atoms with Crippen LogP contribution in [0.5, 0.6) is 0 Å². The fourth-order valence-corrected chi connectivity index (χ4v) is 6.00. The van der Waals surface area contributed by atoms with Crippen molar-refractivity contribution in [3.63, 3.8) is 0 Å². The Morgan fingerprint density at radius 2 is 1.80 bits per heavy atom. The minimum atomic E-state index is -3.47. The van der Waals surface area contributed by atoms with Gasteiger partial charge in [-0.15, -0.1) is 0 Å². The first-order valence-corrected chi connectivity index (χ1v) is 10.9. The van der Waals surface area contributed by atoms with Crippen LogP contribution in [0.3, 0.4) is 0 Å². The number of benzene rings is 1. The molecule has 3 atom stereocenters. The third-order valence-corrected chi connectivity index (χ3v) is 7.12. The molecule has 0 aliphatic carbocycles. The fourth-order valence-electron chi connectivity index (χ4n) is 4.27. The lowest BCUT2D eigenvalue weighted by atomic mass is 10.1. The van der Waals surface area contributed by atoms with Gasteiger partial charge in [0, 0.05) is 18.6 Å². The van der Waals surface area contributed by atoms with Crippen molar-refractivity contribution in [2.75, 3.05) is 13.1 Å². The largest absolute Gasteiger partial charge is 0.300 e. The van der Waals surface area contributed by atoms with Crippen LogP contribution < -0.4 is 4.72 Å². The highest BCUT2D eigenvalue weighted by Crippen LogP contribution is 2.24. The van der Waals surface area contributed by atoms with Crippen molar-refractivity contribution in [3.05, 3.63) is 28.8 Å². The zero-order valence-corrected chi connectivity index (χ0v) is 17.4. The van der Waals surface area contributed by atoms with Gasteiger partial charge in [0.25, 0.3) is 0 Å². The molecule has 0 bridgehead atoms. The molecule has 0 radical (unpaired) electrons. The van der Waals surface area contributed by atoms with Crippen molar-refractivity contribution < 1.29 is 8.42 Å². The third-order valence-electron chi connectivity index (χ3n) is 5.23. The Bertz CT molecular complexity index is 677. The summed E-state index contributed by atoms with van der Waals surface area (Å²) in [5, 5.41) is 0. The van der Waals surface area contributed by atoms with Crippen molar-refractivity contribution in [1.82, 2.24) is 9.62 Å². The summed E-state index contributed by atoms with van der Waals surface area (Å²) in [5.41, 5.74) is 2.73. The molecule has 2 rings (SSSR count). The number of hydrogen-bond donors (Lipinski definition) is 1. The fraction of sp³-hybridized carbons (Fsp3) is 0.700. The quantitative estimate of drug-likeness (QED) is 0.799. The maximum absolute atomic E-state index is 12.8. The molecule has 1 aliphatic rings. The molecule has 0 spiro atoms. The van der Waals surface area contributed by atoms with Gasteiger partial charge in [0.1, 0.15) is 0 Å². The van der Waals surface area contributed by atoms with Crippen LogP contribution in [0.25, 0.3) is 0 Å². The van der Waals surface area contributed by atoms with Gasteiger partial charge in [-0.2, -0.15) is 0 Å².